The summed E-state index contributed by atoms with van der Waals surface area (Å²) in [5.41, 5.74) is 1.000. The lowest BCUT2D eigenvalue weighted by molar-refractivity contribution is 0.665. The molecule has 0 nitrogen and oxygen atoms in total. The zero-order chi connectivity index (χ0) is 8.48. The standard InChI is InChI=1S/C10H12Cl/c1-10(2,3)8-6-4-5-7-9(8)11/h4-7H,1H2,2-3H3. The van der Waals surface area contributed by atoms with E-state index in [1.165, 1.54) is 0 Å². The molecule has 1 heteroatoms. The van der Waals surface area contributed by atoms with Crippen LogP contribution in [0.5, 0.6) is 0 Å². The van der Waals surface area contributed by atoms with E-state index in [9.17, 15) is 0 Å². The Hall–Kier alpha value is -0.490. The number of benzene rings is 1. The van der Waals surface area contributed by atoms with Crippen molar-refractivity contribution in [1.29, 1.82) is 0 Å². The molecule has 1 aromatic carbocycles. The van der Waals surface area contributed by atoms with Crippen molar-refractivity contribution in [3.63, 3.8) is 0 Å². The molecule has 0 bridgehead atoms. The van der Waals surface area contributed by atoms with Gasteiger partial charge < -0.3 is 0 Å². The van der Waals surface area contributed by atoms with Crippen LogP contribution < -0.4 is 0 Å². The molecule has 0 aliphatic rings. The number of rotatable bonds is 1. The third-order valence-electron chi connectivity index (χ3n) is 1.60. The summed E-state index contributed by atoms with van der Waals surface area (Å²) in [7, 11) is 0. The molecule has 0 aromatic heterocycles. The molecular formula is C10H12Cl. The van der Waals surface area contributed by atoms with Crippen LogP contribution in [0.25, 0.3) is 0 Å². The predicted molar refractivity (Wildman–Crippen MR) is 49.8 cm³/mol. The lowest BCUT2D eigenvalue weighted by atomic mass is 9.87. The molecule has 0 saturated carbocycles. The summed E-state index contributed by atoms with van der Waals surface area (Å²) in [6.45, 7) is 8.12. The van der Waals surface area contributed by atoms with E-state index in [1.807, 2.05) is 38.1 Å². The maximum absolute atomic E-state index is 5.97. The third-order valence-corrected chi connectivity index (χ3v) is 1.93. The number of halogens is 1. The largest absolute Gasteiger partial charge is 0.0840 e. The molecule has 11 heavy (non-hydrogen) atoms. The molecular weight excluding hydrogens is 156 g/mol. The van der Waals surface area contributed by atoms with Gasteiger partial charge in [0.1, 0.15) is 0 Å². The fraction of sp³-hybridized carbons (Fsp3) is 0.300. The van der Waals surface area contributed by atoms with Gasteiger partial charge in [-0.3, -0.25) is 0 Å². The highest BCUT2D eigenvalue weighted by molar-refractivity contribution is 6.31. The van der Waals surface area contributed by atoms with Gasteiger partial charge in [-0.1, -0.05) is 43.6 Å². The Kier molecular flexibility index (Phi) is 2.24. The van der Waals surface area contributed by atoms with E-state index in [-0.39, 0.29) is 5.41 Å². The Morgan fingerprint density at radius 3 is 2.18 bits per heavy atom. The van der Waals surface area contributed by atoms with Crippen LogP contribution in [0.3, 0.4) is 0 Å². The minimum absolute atomic E-state index is 0.0989. The molecule has 0 amide bonds. The van der Waals surface area contributed by atoms with Crippen molar-refractivity contribution >= 4 is 11.6 Å². The number of hydrogen-bond donors (Lipinski definition) is 0. The minimum atomic E-state index is -0.0989. The Bertz CT molecular complexity index is 245. The molecule has 59 valence electrons. The van der Waals surface area contributed by atoms with Gasteiger partial charge in [0.2, 0.25) is 0 Å². The van der Waals surface area contributed by atoms with E-state index in [4.69, 9.17) is 11.6 Å². The molecule has 1 rings (SSSR count). The molecule has 0 saturated heterocycles. The molecule has 0 fully saturated rings. The van der Waals surface area contributed by atoms with Crippen molar-refractivity contribution in [1.82, 2.24) is 0 Å². The van der Waals surface area contributed by atoms with Crippen LogP contribution in [-0.2, 0) is 5.41 Å². The maximum Gasteiger partial charge on any atom is 0.0443 e. The quantitative estimate of drug-likeness (QED) is 0.601. The van der Waals surface area contributed by atoms with Gasteiger partial charge in [0, 0.05) is 5.02 Å². The topological polar surface area (TPSA) is 0 Å². The van der Waals surface area contributed by atoms with E-state index < -0.39 is 0 Å². The first-order valence-corrected chi connectivity index (χ1v) is 4.00. The Labute approximate surface area is 73.2 Å². The van der Waals surface area contributed by atoms with Gasteiger partial charge in [-0.05, 0) is 24.0 Å². The smallest absolute Gasteiger partial charge is 0.0443 e. The lowest BCUT2D eigenvalue weighted by Gasteiger charge is -2.19. The second-order valence-corrected chi connectivity index (χ2v) is 3.77. The molecule has 0 N–H and O–H groups in total. The van der Waals surface area contributed by atoms with Crippen molar-refractivity contribution in [2.75, 3.05) is 0 Å². The van der Waals surface area contributed by atoms with Crippen molar-refractivity contribution in [2.24, 2.45) is 0 Å². The zero-order valence-electron chi connectivity index (χ0n) is 6.89. The zero-order valence-corrected chi connectivity index (χ0v) is 7.65. The summed E-state index contributed by atoms with van der Waals surface area (Å²) in [6.07, 6.45) is 0. The Balaban J connectivity index is 3.14. The molecule has 1 radical (unpaired) electrons. The Morgan fingerprint density at radius 2 is 1.82 bits per heavy atom. The van der Waals surface area contributed by atoms with Crippen LogP contribution in [0.4, 0.5) is 0 Å². The normalized spacial score (nSPS) is 11.6. The van der Waals surface area contributed by atoms with Crippen molar-refractivity contribution < 1.29 is 0 Å². The summed E-state index contributed by atoms with van der Waals surface area (Å²) in [5, 5.41) is 0.799. The molecule has 0 unspecified atom stereocenters. The second-order valence-electron chi connectivity index (χ2n) is 3.36. The van der Waals surface area contributed by atoms with E-state index in [2.05, 4.69) is 6.92 Å². The van der Waals surface area contributed by atoms with Crippen LogP contribution in [-0.4, -0.2) is 0 Å². The summed E-state index contributed by atoms with van der Waals surface area (Å²) in [4.78, 5) is 0. The second kappa shape index (κ2) is 2.86. The monoisotopic (exact) mass is 167 g/mol. The van der Waals surface area contributed by atoms with Gasteiger partial charge in [0.25, 0.3) is 0 Å². The molecule has 0 heterocycles. The van der Waals surface area contributed by atoms with Crippen LogP contribution in [0.15, 0.2) is 24.3 Å². The average Bonchev–Trinajstić information content (AvgIpc) is 1.86. The SMILES string of the molecule is [CH2]C(C)(C)c1ccccc1Cl. The molecule has 0 spiro atoms. The summed E-state index contributed by atoms with van der Waals surface area (Å²) >= 11 is 5.97. The molecule has 0 atom stereocenters. The minimum Gasteiger partial charge on any atom is -0.0840 e. The van der Waals surface area contributed by atoms with E-state index in [0.29, 0.717) is 0 Å². The molecule has 0 aliphatic carbocycles. The van der Waals surface area contributed by atoms with Crippen LogP contribution in [0.1, 0.15) is 19.4 Å². The first kappa shape index (κ1) is 8.61. The lowest BCUT2D eigenvalue weighted by Crippen LogP contribution is -2.11. The summed E-state index contributed by atoms with van der Waals surface area (Å²) in [6, 6.07) is 7.81. The molecule has 0 aliphatic heterocycles. The van der Waals surface area contributed by atoms with Gasteiger partial charge in [-0.15, -0.1) is 0 Å². The van der Waals surface area contributed by atoms with Gasteiger partial charge in [-0.25, -0.2) is 0 Å². The Morgan fingerprint density at radius 1 is 1.27 bits per heavy atom. The van der Waals surface area contributed by atoms with Gasteiger partial charge in [0.05, 0.1) is 0 Å². The van der Waals surface area contributed by atoms with Crippen molar-refractivity contribution in [3.8, 4) is 0 Å². The highest BCUT2D eigenvalue weighted by Gasteiger charge is 2.15. The first-order valence-electron chi connectivity index (χ1n) is 3.62. The van der Waals surface area contributed by atoms with Crippen molar-refractivity contribution in [2.45, 2.75) is 19.3 Å². The highest BCUT2D eigenvalue weighted by atomic mass is 35.5. The highest BCUT2D eigenvalue weighted by Crippen LogP contribution is 2.28. The van der Waals surface area contributed by atoms with Gasteiger partial charge in [-0.2, -0.15) is 0 Å². The van der Waals surface area contributed by atoms with E-state index >= 15 is 0 Å². The van der Waals surface area contributed by atoms with Gasteiger partial charge >= 0.3 is 0 Å². The molecule has 1 aromatic rings. The first-order chi connectivity index (χ1) is 5.02. The van der Waals surface area contributed by atoms with E-state index in [0.717, 1.165) is 10.6 Å². The van der Waals surface area contributed by atoms with Crippen LogP contribution in [0, 0.1) is 6.92 Å². The van der Waals surface area contributed by atoms with E-state index in [1.54, 1.807) is 0 Å². The summed E-state index contributed by atoms with van der Waals surface area (Å²) in [5.74, 6) is 0. The average molecular weight is 168 g/mol. The maximum atomic E-state index is 5.97. The summed E-state index contributed by atoms with van der Waals surface area (Å²) < 4.78 is 0. The number of hydrogen-bond acceptors (Lipinski definition) is 0. The predicted octanol–water partition coefficient (Wildman–Crippen LogP) is 3.45. The fourth-order valence-electron chi connectivity index (χ4n) is 1.01. The van der Waals surface area contributed by atoms with Crippen LogP contribution in [0.2, 0.25) is 5.02 Å². The van der Waals surface area contributed by atoms with Crippen molar-refractivity contribution in [3.05, 3.63) is 41.8 Å². The van der Waals surface area contributed by atoms with Crippen LogP contribution >= 0.6 is 11.6 Å². The van der Waals surface area contributed by atoms with Gasteiger partial charge in [0.15, 0.2) is 0 Å². The fourth-order valence-corrected chi connectivity index (χ4v) is 1.40. The third kappa shape index (κ3) is 1.97.